The Morgan fingerprint density at radius 3 is 2.57 bits per heavy atom. The minimum Gasteiger partial charge on any atom is -0.488 e. The number of carbonyl (C=O) groups is 2. The van der Waals surface area contributed by atoms with Crippen LogP contribution in [0.3, 0.4) is 0 Å². The van der Waals surface area contributed by atoms with Crippen molar-refractivity contribution >= 4 is 56.5 Å². The summed E-state index contributed by atoms with van der Waals surface area (Å²) in [6, 6.07) is 21.7. The third-order valence-corrected chi connectivity index (χ3v) is 6.95. The van der Waals surface area contributed by atoms with Crippen LogP contribution in [0.5, 0.6) is 5.75 Å². The third-order valence-electron chi connectivity index (χ3n) is 5.45. The molecular weight excluding hydrogens is 556 g/mol. The molecule has 0 spiro atoms. The summed E-state index contributed by atoms with van der Waals surface area (Å²) in [7, 11) is 1.64. The average molecular weight is 581 g/mol. The smallest absolute Gasteiger partial charge is 0.335 e. The molecule has 37 heavy (non-hydrogen) atoms. The first-order valence-electron chi connectivity index (χ1n) is 11.5. The van der Waals surface area contributed by atoms with E-state index in [-0.39, 0.29) is 18.1 Å². The molecule has 0 radical (unpaired) electrons. The molecule has 9 heteroatoms. The fourth-order valence-electron chi connectivity index (χ4n) is 3.58. The number of amidine groups is 1. The van der Waals surface area contributed by atoms with Gasteiger partial charge in [-0.15, -0.1) is 0 Å². The standard InChI is InChI=1S/C28H25BrN2O5S/c1-35-15-5-14-31-26(32)25(37-28(31)30-23-6-3-2-4-7-23)17-21-16-22(29)12-13-24(21)36-18-19-8-10-20(11-9-19)27(33)34/h2-4,6-13,16-17H,5,14-15,18H2,1H3,(H,33,34)/b25-17-,30-28?. The Morgan fingerprint density at radius 1 is 1.11 bits per heavy atom. The Bertz CT molecular complexity index is 1330. The number of hydrogen-bond donors (Lipinski definition) is 1. The van der Waals surface area contributed by atoms with Crippen molar-refractivity contribution in [2.45, 2.75) is 13.0 Å². The number of nitrogens with zero attached hydrogens (tertiary/aromatic N) is 2. The van der Waals surface area contributed by atoms with Crippen molar-refractivity contribution in [3.63, 3.8) is 0 Å². The average Bonchev–Trinajstić information content (AvgIpc) is 3.18. The van der Waals surface area contributed by atoms with Gasteiger partial charge in [-0.3, -0.25) is 9.69 Å². The number of methoxy groups -OCH3 is 1. The van der Waals surface area contributed by atoms with Crippen LogP contribution in [0.15, 0.2) is 87.2 Å². The van der Waals surface area contributed by atoms with Crippen molar-refractivity contribution in [1.82, 2.24) is 4.90 Å². The lowest BCUT2D eigenvalue weighted by molar-refractivity contribution is -0.122. The second-order valence-electron chi connectivity index (χ2n) is 8.12. The Labute approximate surface area is 227 Å². The van der Waals surface area contributed by atoms with Gasteiger partial charge in [-0.1, -0.05) is 46.3 Å². The van der Waals surface area contributed by atoms with Crippen LogP contribution in [0.25, 0.3) is 6.08 Å². The number of carbonyl (C=O) groups excluding carboxylic acids is 1. The maximum atomic E-state index is 13.4. The molecule has 3 aromatic rings. The van der Waals surface area contributed by atoms with Gasteiger partial charge >= 0.3 is 5.97 Å². The second-order valence-corrected chi connectivity index (χ2v) is 10.0. The molecule has 0 unspecified atom stereocenters. The number of carboxylic acid groups (broad SMARTS) is 1. The monoisotopic (exact) mass is 580 g/mol. The predicted molar refractivity (Wildman–Crippen MR) is 149 cm³/mol. The molecule has 1 aliphatic heterocycles. The van der Waals surface area contributed by atoms with E-state index in [1.165, 1.54) is 11.8 Å². The molecule has 1 amide bonds. The molecule has 0 aromatic heterocycles. The first-order valence-corrected chi connectivity index (χ1v) is 13.1. The molecule has 3 aromatic carbocycles. The minimum atomic E-state index is -0.973. The zero-order valence-corrected chi connectivity index (χ0v) is 22.5. The molecule has 0 aliphatic carbocycles. The number of halogens is 1. The quantitative estimate of drug-likeness (QED) is 0.221. The van der Waals surface area contributed by atoms with E-state index in [1.807, 2.05) is 54.6 Å². The Balaban J connectivity index is 1.59. The molecule has 4 rings (SSSR count). The highest BCUT2D eigenvalue weighted by Gasteiger charge is 2.33. The Morgan fingerprint density at radius 2 is 1.86 bits per heavy atom. The SMILES string of the molecule is COCCCN1C(=O)/C(=C/c2cc(Br)ccc2OCc2ccc(C(=O)O)cc2)SC1=Nc1ccccc1. The molecule has 1 N–H and O–H groups in total. The number of hydrogen-bond acceptors (Lipinski definition) is 6. The van der Waals surface area contributed by atoms with Crippen molar-refractivity contribution in [2.75, 3.05) is 20.3 Å². The zero-order chi connectivity index (χ0) is 26.2. The van der Waals surface area contributed by atoms with E-state index < -0.39 is 5.97 Å². The van der Waals surface area contributed by atoms with E-state index in [9.17, 15) is 9.59 Å². The highest BCUT2D eigenvalue weighted by molar-refractivity contribution is 9.10. The molecule has 7 nitrogen and oxygen atoms in total. The summed E-state index contributed by atoms with van der Waals surface area (Å²) in [5, 5.41) is 9.71. The van der Waals surface area contributed by atoms with Crippen molar-refractivity contribution in [1.29, 1.82) is 0 Å². The van der Waals surface area contributed by atoms with E-state index in [1.54, 1.807) is 36.3 Å². The van der Waals surface area contributed by atoms with E-state index in [2.05, 4.69) is 15.9 Å². The molecule has 0 bridgehead atoms. The fraction of sp³-hybridized carbons (Fsp3) is 0.179. The summed E-state index contributed by atoms with van der Waals surface area (Å²) < 4.78 is 12.1. The molecule has 0 saturated carbocycles. The summed E-state index contributed by atoms with van der Waals surface area (Å²) in [5.41, 5.74) is 2.57. The Kier molecular flexibility index (Phi) is 9.16. The number of aliphatic imine (C=N–C) groups is 1. The van der Waals surface area contributed by atoms with Gasteiger partial charge in [0.25, 0.3) is 5.91 Å². The summed E-state index contributed by atoms with van der Waals surface area (Å²) in [6.45, 7) is 1.29. The number of rotatable bonds is 10. The molecule has 190 valence electrons. The highest BCUT2D eigenvalue weighted by Crippen LogP contribution is 2.36. The molecular formula is C28H25BrN2O5S. The maximum absolute atomic E-state index is 13.4. The van der Waals surface area contributed by atoms with Crippen molar-refractivity contribution in [3.05, 3.63) is 98.9 Å². The zero-order valence-electron chi connectivity index (χ0n) is 20.1. The fourth-order valence-corrected chi connectivity index (χ4v) is 4.97. The first-order chi connectivity index (χ1) is 17.9. The third kappa shape index (κ3) is 7.09. The second kappa shape index (κ2) is 12.7. The lowest BCUT2D eigenvalue weighted by Crippen LogP contribution is -2.30. The van der Waals surface area contributed by atoms with E-state index in [4.69, 9.17) is 19.6 Å². The lowest BCUT2D eigenvalue weighted by Gasteiger charge is -2.15. The van der Waals surface area contributed by atoms with Gasteiger partial charge in [0.1, 0.15) is 12.4 Å². The van der Waals surface area contributed by atoms with Crippen LogP contribution >= 0.6 is 27.7 Å². The van der Waals surface area contributed by atoms with Gasteiger partial charge in [-0.2, -0.15) is 0 Å². The van der Waals surface area contributed by atoms with Crippen LogP contribution in [-0.2, 0) is 16.1 Å². The van der Waals surface area contributed by atoms with Crippen LogP contribution in [0.1, 0.15) is 27.9 Å². The van der Waals surface area contributed by atoms with Crippen molar-refractivity contribution < 1.29 is 24.2 Å². The number of thioether (sulfide) groups is 1. The number of ether oxygens (including phenoxy) is 2. The van der Waals surface area contributed by atoms with Crippen molar-refractivity contribution in [3.8, 4) is 5.75 Å². The molecule has 1 heterocycles. The van der Waals surface area contributed by atoms with Gasteiger partial charge in [0, 0.05) is 30.3 Å². The van der Waals surface area contributed by atoms with Crippen LogP contribution < -0.4 is 4.74 Å². The van der Waals surface area contributed by atoms with E-state index >= 15 is 0 Å². The van der Waals surface area contributed by atoms with E-state index in [0.29, 0.717) is 35.4 Å². The summed E-state index contributed by atoms with van der Waals surface area (Å²) in [5.74, 6) is -0.490. The van der Waals surface area contributed by atoms with Crippen LogP contribution in [0, 0.1) is 0 Å². The van der Waals surface area contributed by atoms with Gasteiger partial charge in [0.2, 0.25) is 0 Å². The largest absolute Gasteiger partial charge is 0.488 e. The van der Waals surface area contributed by atoms with Crippen molar-refractivity contribution in [2.24, 2.45) is 4.99 Å². The Hall–Kier alpha value is -3.40. The molecule has 1 aliphatic rings. The number of para-hydroxylation sites is 1. The van der Waals surface area contributed by atoms with Gasteiger partial charge in [0.05, 0.1) is 16.2 Å². The number of carboxylic acids is 1. The van der Waals surface area contributed by atoms with Crippen LogP contribution in [0.4, 0.5) is 5.69 Å². The van der Waals surface area contributed by atoms with E-state index in [0.717, 1.165) is 21.3 Å². The van der Waals surface area contributed by atoms with Gasteiger partial charge in [-0.25, -0.2) is 9.79 Å². The predicted octanol–water partition coefficient (Wildman–Crippen LogP) is 6.37. The van der Waals surface area contributed by atoms with Crippen LogP contribution in [0.2, 0.25) is 0 Å². The maximum Gasteiger partial charge on any atom is 0.335 e. The summed E-state index contributed by atoms with van der Waals surface area (Å²) in [4.78, 5) is 31.4. The van der Waals surface area contributed by atoms with Gasteiger partial charge in [0.15, 0.2) is 5.17 Å². The highest BCUT2D eigenvalue weighted by atomic mass is 79.9. The molecule has 0 atom stereocenters. The minimum absolute atomic E-state index is 0.119. The lowest BCUT2D eigenvalue weighted by atomic mass is 10.1. The topological polar surface area (TPSA) is 88.4 Å². The molecule has 1 saturated heterocycles. The summed E-state index contributed by atoms with van der Waals surface area (Å²) >= 11 is 4.84. The van der Waals surface area contributed by atoms with Crippen LogP contribution in [-0.4, -0.2) is 47.3 Å². The summed E-state index contributed by atoms with van der Waals surface area (Å²) in [6.07, 6.45) is 2.51. The normalized spacial score (nSPS) is 15.5. The number of aromatic carboxylic acids is 1. The number of benzene rings is 3. The molecule has 1 fully saturated rings. The number of amides is 1. The van der Waals surface area contributed by atoms with Gasteiger partial charge < -0.3 is 14.6 Å². The first kappa shape index (κ1) is 26.7. The van der Waals surface area contributed by atoms with Gasteiger partial charge in [-0.05, 0) is 72.3 Å².